The smallest absolute Gasteiger partial charge is 0.315 e. The van der Waals surface area contributed by atoms with Crippen LogP contribution in [0.15, 0.2) is 5.11 Å². The molecule has 0 rings (SSSR count). The van der Waals surface area contributed by atoms with Gasteiger partial charge in [0, 0.05) is 4.91 Å². The molecule has 14 heavy (non-hydrogen) atoms. The zero-order valence-corrected chi connectivity index (χ0v) is 9.31. The van der Waals surface area contributed by atoms with Crippen molar-refractivity contribution < 1.29 is 9.53 Å². The van der Waals surface area contributed by atoms with Crippen LogP contribution in [0.5, 0.6) is 0 Å². The molecule has 0 bridgehead atoms. The summed E-state index contributed by atoms with van der Waals surface area (Å²) < 4.78 is 5.11. The lowest BCUT2D eigenvalue weighted by Gasteiger charge is -2.23. The minimum atomic E-state index is -0.737. The third kappa shape index (κ3) is 4.72. The highest BCUT2D eigenvalue weighted by Gasteiger charge is 2.26. The van der Waals surface area contributed by atoms with Gasteiger partial charge in [-0.05, 0) is 32.2 Å². The number of hydrogen-bond donors (Lipinski definition) is 0. The van der Waals surface area contributed by atoms with Crippen molar-refractivity contribution in [2.75, 3.05) is 0 Å². The zero-order chi connectivity index (χ0) is 11.4. The molecule has 5 nitrogen and oxygen atoms in total. The summed E-state index contributed by atoms with van der Waals surface area (Å²) in [7, 11) is 0. The van der Waals surface area contributed by atoms with Gasteiger partial charge in [0.2, 0.25) is 0 Å². The van der Waals surface area contributed by atoms with E-state index in [1.807, 2.05) is 13.8 Å². The van der Waals surface area contributed by atoms with E-state index >= 15 is 0 Å². The molecule has 0 saturated carbocycles. The average Bonchev–Trinajstić information content (AvgIpc) is 1.95. The Morgan fingerprint density at radius 2 is 1.93 bits per heavy atom. The van der Waals surface area contributed by atoms with Crippen LogP contribution in [-0.2, 0) is 9.53 Å². The van der Waals surface area contributed by atoms with E-state index < -0.39 is 17.6 Å². The van der Waals surface area contributed by atoms with Gasteiger partial charge in [0.1, 0.15) is 11.6 Å². The highest BCUT2D eigenvalue weighted by atomic mass is 16.6. The van der Waals surface area contributed by atoms with Gasteiger partial charge in [0.05, 0.1) is 0 Å². The van der Waals surface area contributed by atoms with Gasteiger partial charge in [-0.2, -0.15) is 0 Å². The van der Waals surface area contributed by atoms with E-state index in [9.17, 15) is 4.79 Å². The van der Waals surface area contributed by atoms with Crippen LogP contribution in [0.4, 0.5) is 0 Å². The Morgan fingerprint density at radius 3 is 2.21 bits per heavy atom. The van der Waals surface area contributed by atoms with Crippen molar-refractivity contribution in [3.05, 3.63) is 10.4 Å². The van der Waals surface area contributed by atoms with Crippen LogP contribution in [0.2, 0.25) is 0 Å². The van der Waals surface area contributed by atoms with Crippen LogP contribution in [-0.4, -0.2) is 17.6 Å². The quantitative estimate of drug-likeness (QED) is 0.303. The Bertz CT molecular complexity index is 249. The minimum Gasteiger partial charge on any atom is -0.460 e. The van der Waals surface area contributed by atoms with E-state index in [2.05, 4.69) is 10.0 Å². The predicted octanol–water partition coefficient (Wildman–Crippen LogP) is 2.66. The molecule has 0 radical (unpaired) electrons. The maximum Gasteiger partial charge on any atom is 0.315 e. The highest BCUT2D eigenvalue weighted by Crippen LogP contribution is 2.14. The fourth-order valence-electron chi connectivity index (χ4n) is 0.870. The predicted molar refractivity (Wildman–Crippen MR) is 53.6 cm³/mol. The van der Waals surface area contributed by atoms with Gasteiger partial charge >= 0.3 is 5.97 Å². The fraction of sp³-hybridized carbons (Fsp3) is 0.889. The normalized spacial score (nSPS) is 13.3. The summed E-state index contributed by atoms with van der Waals surface area (Å²) in [6.45, 7) is 8.95. The first-order valence-electron chi connectivity index (χ1n) is 4.55. The van der Waals surface area contributed by atoms with Gasteiger partial charge in [-0.3, -0.25) is 4.79 Å². The van der Waals surface area contributed by atoms with Gasteiger partial charge in [0.25, 0.3) is 0 Å². The van der Waals surface area contributed by atoms with Gasteiger partial charge < -0.3 is 4.74 Å². The van der Waals surface area contributed by atoms with Crippen LogP contribution in [0, 0.1) is 5.92 Å². The van der Waals surface area contributed by atoms with Crippen LogP contribution >= 0.6 is 0 Å². The van der Waals surface area contributed by atoms with Crippen molar-refractivity contribution in [3.8, 4) is 0 Å². The summed E-state index contributed by atoms with van der Waals surface area (Å²) in [6.07, 6.45) is 0. The molecule has 0 aromatic carbocycles. The first-order chi connectivity index (χ1) is 6.28. The number of carbonyl (C=O) groups excluding carboxylic acids is 1. The molecule has 80 valence electrons. The molecule has 5 heteroatoms. The van der Waals surface area contributed by atoms with E-state index in [0.717, 1.165) is 0 Å². The molecule has 0 aliphatic heterocycles. The standard InChI is InChI=1S/C9H17N3O2/c1-6(2)7(11-12-10)8(13)14-9(3,4)5/h6-7H,1-5H3/t7-/m0/s1. The van der Waals surface area contributed by atoms with Crippen molar-refractivity contribution in [3.63, 3.8) is 0 Å². The first kappa shape index (κ1) is 12.8. The Hall–Kier alpha value is -1.22. The second-order valence-corrected chi connectivity index (χ2v) is 4.43. The molecule has 0 N–H and O–H groups in total. The topological polar surface area (TPSA) is 75.1 Å². The van der Waals surface area contributed by atoms with Crippen LogP contribution in [0.25, 0.3) is 10.4 Å². The van der Waals surface area contributed by atoms with Crippen molar-refractivity contribution in [1.29, 1.82) is 0 Å². The lowest BCUT2D eigenvalue weighted by Crippen LogP contribution is -2.33. The van der Waals surface area contributed by atoms with E-state index in [1.165, 1.54) is 0 Å². The summed E-state index contributed by atoms with van der Waals surface area (Å²) >= 11 is 0. The van der Waals surface area contributed by atoms with Crippen LogP contribution in [0.1, 0.15) is 34.6 Å². The van der Waals surface area contributed by atoms with Gasteiger partial charge in [-0.15, -0.1) is 0 Å². The Kier molecular flexibility index (Phi) is 4.44. The van der Waals surface area contributed by atoms with Crippen molar-refractivity contribution in [1.82, 2.24) is 0 Å². The molecule has 1 atom stereocenters. The number of ether oxygens (including phenoxy) is 1. The van der Waals surface area contributed by atoms with Crippen LogP contribution < -0.4 is 0 Å². The monoisotopic (exact) mass is 199 g/mol. The van der Waals surface area contributed by atoms with E-state index in [1.54, 1.807) is 20.8 Å². The molecule has 0 aromatic rings. The molecule has 0 aliphatic carbocycles. The molecule has 0 aliphatic rings. The summed E-state index contributed by atoms with van der Waals surface area (Å²) in [5.74, 6) is -0.522. The van der Waals surface area contributed by atoms with Gasteiger partial charge in [-0.1, -0.05) is 19.0 Å². The Morgan fingerprint density at radius 1 is 1.43 bits per heavy atom. The Labute approximate surface area is 84.1 Å². The van der Waals surface area contributed by atoms with E-state index in [0.29, 0.717) is 0 Å². The molecular weight excluding hydrogens is 182 g/mol. The first-order valence-corrected chi connectivity index (χ1v) is 4.55. The van der Waals surface area contributed by atoms with Gasteiger partial charge in [-0.25, -0.2) is 0 Å². The van der Waals surface area contributed by atoms with Crippen LogP contribution in [0.3, 0.4) is 0 Å². The molecule has 0 spiro atoms. The molecule has 0 fully saturated rings. The second-order valence-electron chi connectivity index (χ2n) is 4.43. The summed E-state index contributed by atoms with van der Waals surface area (Å²) in [5.41, 5.74) is 7.74. The SMILES string of the molecule is CC(C)[C@H](N=[N+]=[N-])C(=O)OC(C)(C)C. The van der Waals surface area contributed by atoms with E-state index in [-0.39, 0.29) is 5.92 Å². The number of azide groups is 1. The summed E-state index contributed by atoms with van der Waals surface area (Å²) in [4.78, 5) is 14.1. The molecular formula is C9H17N3O2. The molecule has 0 aromatic heterocycles. The number of hydrogen-bond acceptors (Lipinski definition) is 3. The highest BCUT2D eigenvalue weighted by molar-refractivity contribution is 5.76. The molecule has 0 heterocycles. The van der Waals surface area contributed by atoms with Crippen molar-refractivity contribution in [2.24, 2.45) is 11.0 Å². The maximum absolute atomic E-state index is 11.5. The van der Waals surface area contributed by atoms with Gasteiger partial charge in [0.15, 0.2) is 0 Å². The zero-order valence-electron chi connectivity index (χ0n) is 9.31. The number of nitrogens with zero attached hydrogens (tertiary/aromatic N) is 3. The molecule has 0 unspecified atom stereocenters. The largest absolute Gasteiger partial charge is 0.460 e. The number of esters is 1. The number of carbonyl (C=O) groups is 1. The number of rotatable bonds is 3. The molecule has 0 saturated heterocycles. The molecule has 0 amide bonds. The average molecular weight is 199 g/mol. The lowest BCUT2D eigenvalue weighted by atomic mass is 10.1. The lowest BCUT2D eigenvalue weighted by molar-refractivity contribution is -0.157. The van der Waals surface area contributed by atoms with Crippen molar-refractivity contribution in [2.45, 2.75) is 46.3 Å². The third-order valence-electron chi connectivity index (χ3n) is 1.46. The second kappa shape index (κ2) is 4.86. The minimum absolute atomic E-state index is 0.0549. The summed E-state index contributed by atoms with van der Waals surface area (Å²) in [6, 6.07) is -0.737. The third-order valence-corrected chi connectivity index (χ3v) is 1.46. The summed E-state index contributed by atoms with van der Waals surface area (Å²) in [5, 5.41) is 3.41. The van der Waals surface area contributed by atoms with Crippen molar-refractivity contribution >= 4 is 5.97 Å². The maximum atomic E-state index is 11.5. The fourth-order valence-corrected chi connectivity index (χ4v) is 0.870. The Balaban J connectivity index is 4.54. The van der Waals surface area contributed by atoms with E-state index in [4.69, 9.17) is 10.3 Å².